The smallest absolute Gasteiger partial charge is 0.263 e. The molecule has 0 aliphatic rings. The molecule has 0 unspecified atom stereocenters. The highest BCUT2D eigenvalue weighted by Crippen LogP contribution is 2.20. The Morgan fingerprint density at radius 3 is 2.04 bits per heavy atom. The molecule has 1 heterocycles. The lowest BCUT2D eigenvalue weighted by Gasteiger charge is -2.10. The molecule has 6 nitrogen and oxygen atoms in total. The van der Waals surface area contributed by atoms with Gasteiger partial charge in [0.25, 0.3) is 10.0 Å². The maximum absolute atomic E-state index is 12.5. The molecule has 0 atom stereocenters. The molecule has 0 aliphatic heterocycles. The Kier molecular flexibility index (Phi) is 4.90. The Labute approximate surface area is 153 Å². The van der Waals surface area contributed by atoms with E-state index in [4.69, 9.17) is 0 Å². The third kappa shape index (κ3) is 4.18. The first-order valence-corrected chi connectivity index (χ1v) is 9.59. The summed E-state index contributed by atoms with van der Waals surface area (Å²) in [6.07, 6.45) is 0. The van der Waals surface area contributed by atoms with E-state index < -0.39 is 10.0 Å². The highest BCUT2D eigenvalue weighted by molar-refractivity contribution is 7.92. The van der Waals surface area contributed by atoms with Crippen LogP contribution in [0.15, 0.2) is 59.5 Å². The Hall–Kier alpha value is -2.93. The van der Waals surface area contributed by atoms with Crippen LogP contribution in [-0.4, -0.2) is 18.6 Å². The van der Waals surface area contributed by atoms with Crippen molar-refractivity contribution >= 4 is 27.3 Å². The van der Waals surface area contributed by atoms with Gasteiger partial charge in [-0.3, -0.25) is 4.72 Å². The summed E-state index contributed by atoms with van der Waals surface area (Å²) >= 11 is 0. The molecule has 0 bridgehead atoms. The van der Waals surface area contributed by atoms with Crippen molar-refractivity contribution in [2.45, 2.75) is 25.7 Å². The van der Waals surface area contributed by atoms with Crippen molar-refractivity contribution in [2.75, 3.05) is 10.0 Å². The second kappa shape index (κ2) is 7.13. The quantitative estimate of drug-likeness (QED) is 0.712. The number of hydrogen-bond donors (Lipinski definition) is 2. The van der Waals surface area contributed by atoms with Crippen molar-refractivity contribution in [3.05, 3.63) is 71.3 Å². The highest BCUT2D eigenvalue weighted by Gasteiger charge is 2.17. The van der Waals surface area contributed by atoms with Gasteiger partial charge in [-0.25, -0.2) is 8.42 Å². The minimum absolute atomic E-state index is 0.166. The Morgan fingerprint density at radius 2 is 1.42 bits per heavy atom. The Bertz CT molecular complexity index is 1010. The summed E-state index contributed by atoms with van der Waals surface area (Å²) in [6, 6.07) is 16.1. The van der Waals surface area contributed by atoms with Crippen molar-refractivity contribution in [1.82, 2.24) is 10.2 Å². The van der Waals surface area contributed by atoms with Crippen LogP contribution in [0, 0.1) is 20.8 Å². The maximum Gasteiger partial charge on any atom is 0.263 e. The van der Waals surface area contributed by atoms with Gasteiger partial charge in [0.05, 0.1) is 4.90 Å². The zero-order valence-corrected chi connectivity index (χ0v) is 15.6. The van der Waals surface area contributed by atoms with E-state index in [1.807, 2.05) is 26.0 Å². The van der Waals surface area contributed by atoms with Crippen LogP contribution in [0.1, 0.15) is 16.7 Å². The lowest BCUT2D eigenvalue weighted by Crippen LogP contribution is -2.15. The normalized spacial score (nSPS) is 11.2. The number of aryl methyl sites for hydroxylation is 3. The van der Waals surface area contributed by atoms with Crippen molar-refractivity contribution in [1.29, 1.82) is 0 Å². The maximum atomic E-state index is 12.5. The lowest BCUT2D eigenvalue weighted by atomic mass is 10.1. The molecule has 0 amide bonds. The van der Waals surface area contributed by atoms with Gasteiger partial charge >= 0.3 is 0 Å². The first kappa shape index (κ1) is 17.9. The number of rotatable bonds is 5. The number of aromatic nitrogens is 2. The predicted molar refractivity (Wildman–Crippen MR) is 103 cm³/mol. The largest absolute Gasteiger partial charge is 0.339 e. The molecule has 0 fully saturated rings. The van der Waals surface area contributed by atoms with Gasteiger partial charge in [0.2, 0.25) is 0 Å². The van der Waals surface area contributed by atoms with Gasteiger partial charge in [0.15, 0.2) is 11.6 Å². The van der Waals surface area contributed by atoms with Crippen LogP contribution in [0.25, 0.3) is 0 Å². The van der Waals surface area contributed by atoms with Crippen molar-refractivity contribution in [3.8, 4) is 0 Å². The van der Waals surface area contributed by atoms with E-state index in [-0.39, 0.29) is 10.7 Å². The van der Waals surface area contributed by atoms with Gasteiger partial charge in [-0.1, -0.05) is 24.3 Å². The van der Waals surface area contributed by atoms with E-state index >= 15 is 0 Å². The Morgan fingerprint density at radius 1 is 0.808 bits per heavy atom. The first-order chi connectivity index (χ1) is 12.3. The summed E-state index contributed by atoms with van der Waals surface area (Å²) in [4.78, 5) is 0.222. The highest BCUT2D eigenvalue weighted by atomic mass is 32.2. The summed E-state index contributed by atoms with van der Waals surface area (Å²) in [5, 5.41) is 11.2. The van der Waals surface area contributed by atoms with E-state index in [1.54, 1.807) is 43.3 Å². The van der Waals surface area contributed by atoms with Crippen LogP contribution in [0.2, 0.25) is 0 Å². The second-order valence-corrected chi connectivity index (χ2v) is 7.83. The molecule has 0 saturated heterocycles. The topological polar surface area (TPSA) is 84.0 Å². The predicted octanol–water partition coefficient (Wildman–Crippen LogP) is 3.95. The van der Waals surface area contributed by atoms with Gasteiger partial charge in [-0.2, -0.15) is 0 Å². The molecule has 0 aliphatic carbocycles. The number of nitrogens with zero attached hydrogens (tertiary/aromatic N) is 2. The van der Waals surface area contributed by atoms with Crippen LogP contribution >= 0.6 is 0 Å². The number of sulfonamides is 1. The van der Waals surface area contributed by atoms with Gasteiger partial charge in [-0.05, 0) is 67.8 Å². The molecule has 2 N–H and O–H groups in total. The fraction of sp³-hybridized carbons (Fsp3) is 0.158. The van der Waals surface area contributed by atoms with Gasteiger partial charge in [0.1, 0.15) is 0 Å². The third-order valence-corrected chi connectivity index (χ3v) is 5.30. The minimum atomic E-state index is -3.70. The monoisotopic (exact) mass is 368 g/mol. The fourth-order valence-corrected chi connectivity index (χ4v) is 3.94. The van der Waals surface area contributed by atoms with E-state index in [1.165, 1.54) is 0 Å². The molecule has 0 radical (unpaired) electrons. The van der Waals surface area contributed by atoms with Crippen molar-refractivity contribution in [3.63, 3.8) is 0 Å². The Balaban J connectivity index is 1.76. The van der Waals surface area contributed by atoms with Crippen LogP contribution in [0.4, 0.5) is 17.3 Å². The summed E-state index contributed by atoms with van der Waals surface area (Å²) in [5.74, 6) is 0.702. The number of nitrogens with one attached hydrogen (secondary N) is 2. The zero-order valence-electron chi connectivity index (χ0n) is 14.8. The van der Waals surface area contributed by atoms with Gasteiger partial charge in [0, 0.05) is 5.69 Å². The summed E-state index contributed by atoms with van der Waals surface area (Å²) < 4.78 is 27.4. The molecule has 26 heavy (non-hydrogen) atoms. The van der Waals surface area contributed by atoms with Crippen LogP contribution in [-0.2, 0) is 10.0 Å². The molecule has 3 aromatic rings. The first-order valence-electron chi connectivity index (χ1n) is 8.11. The van der Waals surface area contributed by atoms with Crippen LogP contribution < -0.4 is 10.0 Å². The molecule has 0 saturated carbocycles. The molecule has 134 valence electrons. The number of hydrogen-bond acceptors (Lipinski definition) is 5. The minimum Gasteiger partial charge on any atom is -0.339 e. The third-order valence-electron chi connectivity index (χ3n) is 3.78. The van der Waals surface area contributed by atoms with E-state index in [0.29, 0.717) is 11.4 Å². The number of benzene rings is 2. The molecule has 2 aromatic carbocycles. The van der Waals surface area contributed by atoms with E-state index in [9.17, 15) is 8.42 Å². The second-order valence-electron chi connectivity index (χ2n) is 6.18. The SMILES string of the molecule is Cc1cc(C)cc(Nc2ccc(NS(=O)(=O)c3ccccc3C)nn2)c1. The summed E-state index contributed by atoms with van der Waals surface area (Å²) in [5.41, 5.74) is 3.86. The van der Waals surface area contributed by atoms with Crippen LogP contribution in [0.3, 0.4) is 0 Å². The standard InChI is InChI=1S/C19H20N4O2S/c1-13-10-14(2)12-16(11-13)20-18-8-9-19(22-21-18)23-26(24,25)17-7-5-4-6-15(17)3/h4-12H,1-3H3,(H,20,21)(H,22,23). The van der Waals surface area contributed by atoms with Crippen molar-refractivity contribution in [2.24, 2.45) is 0 Å². The van der Waals surface area contributed by atoms with Crippen molar-refractivity contribution < 1.29 is 8.42 Å². The van der Waals surface area contributed by atoms with E-state index in [0.717, 1.165) is 16.8 Å². The molecule has 7 heteroatoms. The van der Waals surface area contributed by atoms with Gasteiger partial charge < -0.3 is 5.32 Å². The van der Waals surface area contributed by atoms with Crippen LogP contribution in [0.5, 0.6) is 0 Å². The molecule has 1 aromatic heterocycles. The summed E-state index contributed by atoms with van der Waals surface area (Å²) in [7, 11) is -3.70. The average molecular weight is 368 g/mol. The number of anilines is 3. The average Bonchev–Trinajstić information content (AvgIpc) is 2.56. The lowest BCUT2D eigenvalue weighted by molar-refractivity contribution is 0.600. The fourth-order valence-electron chi connectivity index (χ4n) is 2.70. The molecular weight excluding hydrogens is 348 g/mol. The summed E-state index contributed by atoms with van der Waals surface area (Å²) in [6.45, 7) is 5.79. The zero-order chi connectivity index (χ0) is 18.7. The molecular formula is C19H20N4O2S. The molecule has 3 rings (SSSR count). The van der Waals surface area contributed by atoms with E-state index in [2.05, 4.69) is 26.3 Å². The van der Waals surface area contributed by atoms with Gasteiger partial charge in [-0.15, -0.1) is 10.2 Å². The molecule has 0 spiro atoms.